The van der Waals surface area contributed by atoms with Crippen LogP contribution >= 0.6 is 15.9 Å². The van der Waals surface area contributed by atoms with Gasteiger partial charge in [0.1, 0.15) is 28.7 Å². The Kier molecular flexibility index (Phi) is 6.70. The summed E-state index contributed by atoms with van der Waals surface area (Å²) in [5.74, 6) is -1.18. The number of piperidine rings is 1. The van der Waals surface area contributed by atoms with Crippen LogP contribution in [0.5, 0.6) is 0 Å². The molecule has 45 heavy (non-hydrogen) atoms. The van der Waals surface area contributed by atoms with Gasteiger partial charge < -0.3 is 15.3 Å². The molecule has 2 amide bonds. The van der Waals surface area contributed by atoms with E-state index in [0.717, 1.165) is 23.1 Å². The number of halogens is 1. The van der Waals surface area contributed by atoms with Crippen LogP contribution in [-0.4, -0.2) is 65.4 Å². The lowest BCUT2D eigenvalue weighted by atomic mass is 9.94. The summed E-state index contributed by atoms with van der Waals surface area (Å²) in [5, 5.41) is 17.8. The van der Waals surface area contributed by atoms with Gasteiger partial charge in [-0.3, -0.25) is 28.8 Å². The van der Waals surface area contributed by atoms with Crippen LogP contribution in [-0.2, 0) is 26.3 Å². The molecule has 2 saturated carbocycles. The van der Waals surface area contributed by atoms with Gasteiger partial charge in [0.25, 0.3) is 0 Å². The van der Waals surface area contributed by atoms with Gasteiger partial charge in [-0.25, -0.2) is 4.98 Å². The average Bonchev–Trinajstić information content (AvgIpc) is 3.88. The summed E-state index contributed by atoms with van der Waals surface area (Å²) in [4.78, 5) is 62.4. The largest absolute Gasteiger partial charge is 0.481 e. The standard InChI is InChI=1S/C33H31BrN6O5/c1-17-4-7-26(34)36-29(17)37-30(43)24-12-32(3)13-25(32)40(24)27(42)16-39-23-6-5-19(11-22(23)28(38-39)18(2)41)20-10-21(15-35-14-20)33(8-9-33)31(44)45/h4-7,10-11,14-15,24-25H,8-9,12-13,16H2,1-3H3,(H,44,45)(H,36,37,43)/t24-,25+,32-/m0/s1. The first-order valence-corrected chi connectivity index (χ1v) is 15.7. The van der Waals surface area contributed by atoms with Gasteiger partial charge in [-0.2, -0.15) is 5.10 Å². The van der Waals surface area contributed by atoms with Crippen LogP contribution in [0, 0.1) is 12.3 Å². The van der Waals surface area contributed by atoms with Gasteiger partial charge in [-0.05, 0) is 94.9 Å². The minimum absolute atomic E-state index is 0.0432. The number of carbonyl (C=O) groups excluding carboxylic acids is 3. The highest BCUT2D eigenvalue weighted by atomic mass is 79.9. The van der Waals surface area contributed by atoms with Crippen molar-refractivity contribution in [2.75, 3.05) is 5.32 Å². The number of carboxylic acids is 1. The number of anilines is 1. The number of aromatic nitrogens is 4. The van der Waals surface area contributed by atoms with Crippen LogP contribution in [0.4, 0.5) is 5.82 Å². The number of benzene rings is 1. The van der Waals surface area contributed by atoms with Crippen LogP contribution in [0.2, 0.25) is 0 Å². The van der Waals surface area contributed by atoms with Gasteiger partial charge in [-0.15, -0.1) is 0 Å². The second-order valence-corrected chi connectivity index (χ2v) is 13.6. The summed E-state index contributed by atoms with van der Waals surface area (Å²) in [6.07, 6.45) is 5.79. The lowest BCUT2D eigenvalue weighted by molar-refractivity contribution is -0.140. The van der Waals surface area contributed by atoms with Gasteiger partial charge in [-0.1, -0.05) is 19.1 Å². The lowest BCUT2D eigenvalue weighted by Gasteiger charge is -2.27. The minimum Gasteiger partial charge on any atom is -0.481 e. The second kappa shape index (κ2) is 10.3. The van der Waals surface area contributed by atoms with Crippen molar-refractivity contribution in [1.82, 2.24) is 24.6 Å². The molecule has 0 spiro atoms. The van der Waals surface area contributed by atoms with Gasteiger partial charge in [0.15, 0.2) is 5.78 Å². The third kappa shape index (κ3) is 4.91. The molecule has 0 bridgehead atoms. The Balaban J connectivity index is 1.17. The number of pyridine rings is 2. The fourth-order valence-electron chi connectivity index (χ4n) is 6.75. The minimum atomic E-state index is -0.891. The van der Waals surface area contributed by atoms with Gasteiger partial charge in [0.2, 0.25) is 11.8 Å². The summed E-state index contributed by atoms with van der Waals surface area (Å²) in [6, 6.07) is 10.3. The van der Waals surface area contributed by atoms with E-state index < -0.39 is 17.4 Å². The second-order valence-electron chi connectivity index (χ2n) is 12.8. The van der Waals surface area contributed by atoms with E-state index in [4.69, 9.17) is 0 Å². The molecule has 1 aliphatic heterocycles. The molecule has 4 aromatic rings. The Morgan fingerprint density at radius 2 is 1.84 bits per heavy atom. The Bertz CT molecular complexity index is 1950. The van der Waals surface area contributed by atoms with Crippen LogP contribution in [0.3, 0.4) is 0 Å². The van der Waals surface area contributed by atoms with E-state index in [-0.39, 0.29) is 41.3 Å². The van der Waals surface area contributed by atoms with Gasteiger partial charge in [0, 0.05) is 36.3 Å². The van der Waals surface area contributed by atoms with Gasteiger partial charge >= 0.3 is 5.97 Å². The zero-order chi connectivity index (χ0) is 31.8. The number of nitrogens with one attached hydrogen (secondary N) is 1. The number of carboxylic acid groups (broad SMARTS) is 1. The van der Waals surface area contributed by atoms with Crippen LogP contribution in [0.25, 0.3) is 22.0 Å². The number of nitrogens with zero attached hydrogens (tertiary/aromatic N) is 5. The van der Waals surface area contributed by atoms with Crippen LogP contribution in [0.15, 0.2) is 53.4 Å². The smallest absolute Gasteiger partial charge is 0.314 e. The van der Waals surface area contributed by atoms with Crippen molar-refractivity contribution in [3.63, 3.8) is 0 Å². The van der Waals surface area contributed by atoms with E-state index in [9.17, 15) is 24.3 Å². The molecule has 230 valence electrons. The van der Waals surface area contributed by atoms with Crippen LogP contribution < -0.4 is 5.32 Å². The first kappa shape index (κ1) is 29.3. The molecule has 12 heteroatoms. The Morgan fingerprint density at radius 1 is 1.07 bits per heavy atom. The molecule has 1 saturated heterocycles. The summed E-state index contributed by atoms with van der Waals surface area (Å²) in [7, 11) is 0. The summed E-state index contributed by atoms with van der Waals surface area (Å²) >= 11 is 3.35. The van der Waals surface area contributed by atoms with Crippen molar-refractivity contribution in [3.05, 3.63) is 70.2 Å². The van der Waals surface area contributed by atoms with E-state index >= 15 is 0 Å². The number of rotatable bonds is 8. The molecular weight excluding hydrogens is 640 g/mol. The average molecular weight is 672 g/mol. The maximum atomic E-state index is 13.9. The third-order valence-electron chi connectivity index (χ3n) is 9.68. The molecule has 4 heterocycles. The highest BCUT2D eigenvalue weighted by Crippen LogP contribution is 2.59. The predicted octanol–water partition coefficient (Wildman–Crippen LogP) is 4.90. The predicted molar refractivity (Wildman–Crippen MR) is 169 cm³/mol. The topological polar surface area (TPSA) is 147 Å². The number of Topliss-reactive ketones (excluding diaryl/α,β-unsaturated/α-hetero) is 1. The maximum Gasteiger partial charge on any atom is 0.314 e. The van der Waals surface area contributed by atoms with Crippen molar-refractivity contribution in [2.45, 2.75) is 70.5 Å². The molecule has 2 aliphatic carbocycles. The van der Waals surface area contributed by atoms with E-state index in [1.807, 2.05) is 37.3 Å². The number of hydrogen-bond acceptors (Lipinski definition) is 7. The van der Waals surface area contributed by atoms with Crippen molar-refractivity contribution >= 4 is 56.2 Å². The molecule has 3 aliphatic rings. The first-order chi connectivity index (χ1) is 21.4. The quantitative estimate of drug-likeness (QED) is 0.199. The fourth-order valence-corrected chi connectivity index (χ4v) is 7.06. The normalized spacial score (nSPS) is 22.6. The SMILES string of the molecule is CC(=O)c1nn(CC(=O)N2[C@H](C(=O)Nc3nc(Br)ccc3C)C[C@@]3(C)C[C@@H]23)c2ccc(-c3cncc(C4(C(=O)O)CC4)c3)cc12. The van der Waals surface area contributed by atoms with Crippen molar-refractivity contribution < 1.29 is 24.3 Å². The summed E-state index contributed by atoms with van der Waals surface area (Å²) < 4.78 is 2.13. The molecule has 3 atom stereocenters. The monoisotopic (exact) mass is 670 g/mol. The van der Waals surface area contributed by atoms with Crippen molar-refractivity contribution in [2.24, 2.45) is 5.41 Å². The van der Waals surface area contributed by atoms with E-state index in [0.29, 0.717) is 46.1 Å². The molecule has 7 rings (SSSR count). The van der Waals surface area contributed by atoms with E-state index in [1.165, 1.54) is 11.6 Å². The number of aliphatic carboxylic acids is 1. The highest BCUT2D eigenvalue weighted by Gasteiger charge is 2.64. The molecular formula is C33H31BrN6O5. The van der Waals surface area contributed by atoms with E-state index in [1.54, 1.807) is 23.4 Å². The maximum absolute atomic E-state index is 13.9. The zero-order valence-electron chi connectivity index (χ0n) is 25.0. The van der Waals surface area contributed by atoms with Crippen molar-refractivity contribution in [1.29, 1.82) is 0 Å². The first-order valence-electron chi connectivity index (χ1n) is 14.9. The Morgan fingerprint density at radius 3 is 2.56 bits per heavy atom. The van der Waals surface area contributed by atoms with E-state index in [2.05, 4.69) is 43.2 Å². The Hall–Kier alpha value is -4.45. The van der Waals surface area contributed by atoms with Crippen LogP contribution in [0.1, 0.15) is 61.1 Å². The fraction of sp³-hybridized carbons (Fsp3) is 0.364. The molecule has 1 aromatic carbocycles. The number of ketones is 1. The molecule has 3 fully saturated rings. The summed E-state index contributed by atoms with van der Waals surface area (Å²) in [6.45, 7) is 5.25. The summed E-state index contributed by atoms with van der Waals surface area (Å²) in [5.41, 5.74) is 2.79. The molecule has 3 aromatic heterocycles. The molecule has 11 nitrogen and oxygen atoms in total. The van der Waals surface area contributed by atoms with Crippen molar-refractivity contribution in [3.8, 4) is 11.1 Å². The molecule has 2 N–H and O–H groups in total. The molecule has 0 radical (unpaired) electrons. The molecule has 0 unspecified atom stereocenters. The lowest BCUT2D eigenvalue weighted by Crippen LogP contribution is -2.47. The number of hydrogen-bond donors (Lipinski definition) is 2. The number of likely N-dealkylation sites (tertiary alicyclic amines) is 1. The zero-order valence-corrected chi connectivity index (χ0v) is 26.6. The number of amides is 2. The number of fused-ring (bicyclic) bond motifs is 2. The third-order valence-corrected chi connectivity index (χ3v) is 10.1. The number of carbonyl (C=O) groups is 4. The number of aryl methyl sites for hydroxylation is 1. The van der Waals surface area contributed by atoms with Gasteiger partial charge in [0.05, 0.1) is 10.9 Å². The highest BCUT2D eigenvalue weighted by molar-refractivity contribution is 9.10. The Labute approximate surface area is 267 Å².